The van der Waals surface area contributed by atoms with Crippen LogP contribution in [-0.2, 0) is 9.59 Å². The highest BCUT2D eigenvalue weighted by Crippen LogP contribution is 1.98. The normalized spacial score (nSPS) is 10.9. The van der Waals surface area contributed by atoms with E-state index in [-0.39, 0.29) is 5.56 Å². The molecule has 0 fully saturated rings. The molecule has 0 bridgehead atoms. The van der Waals surface area contributed by atoms with Crippen molar-refractivity contribution in [2.24, 2.45) is 0 Å². The average Bonchev–Trinajstić information content (AvgIpc) is 2.25. The van der Waals surface area contributed by atoms with Gasteiger partial charge in [-0.15, -0.1) is 0 Å². The lowest BCUT2D eigenvalue weighted by Crippen LogP contribution is -2.37. The average molecular weight is 237 g/mol. The lowest BCUT2D eigenvalue weighted by Gasteiger charge is -2.00. The van der Waals surface area contributed by atoms with Crippen molar-refractivity contribution in [1.29, 1.82) is 0 Å². The summed E-state index contributed by atoms with van der Waals surface area (Å²) >= 11 is 0. The van der Waals surface area contributed by atoms with E-state index >= 15 is 0 Å². The molecule has 0 spiro atoms. The predicted octanol–water partition coefficient (Wildman–Crippen LogP) is -1.65. The van der Waals surface area contributed by atoms with Crippen LogP contribution in [0.2, 0.25) is 0 Å². The molecule has 0 atom stereocenters. The van der Waals surface area contributed by atoms with Gasteiger partial charge >= 0.3 is 17.6 Å². The molecule has 0 saturated carbocycles. The molecule has 17 heavy (non-hydrogen) atoms. The van der Waals surface area contributed by atoms with Crippen LogP contribution in [0.3, 0.4) is 0 Å². The Morgan fingerprint density at radius 1 is 1.18 bits per heavy atom. The van der Waals surface area contributed by atoms with Gasteiger partial charge in [-0.25, -0.2) is 9.59 Å². The highest BCUT2D eigenvalue weighted by Gasteiger charge is 2.20. The van der Waals surface area contributed by atoms with E-state index in [2.05, 4.69) is 0 Å². The van der Waals surface area contributed by atoms with Crippen LogP contribution in [0.15, 0.2) is 30.6 Å². The third kappa shape index (κ3) is 3.13. The second-order valence-electron chi connectivity index (χ2n) is 2.95. The molecule has 0 aliphatic rings. The van der Waals surface area contributed by atoms with Crippen LogP contribution in [0.25, 0.3) is 5.70 Å². The molecule has 88 valence electrons. The van der Waals surface area contributed by atoms with E-state index in [4.69, 9.17) is 10.2 Å². The lowest BCUT2D eigenvalue weighted by atomic mass is 10.2. The summed E-state index contributed by atoms with van der Waals surface area (Å²) in [6.45, 7) is 0. The summed E-state index contributed by atoms with van der Waals surface area (Å²) in [5, 5.41) is 27.7. The van der Waals surface area contributed by atoms with E-state index in [1.807, 2.05) is 0 Å². The monoisotopic (exact) mass is 237 g/mol. The van der Waals surface area contributed by atoms with Gasteiger partial charge in [0.05, 0.1) is 5.97 Å². The summed E-state index contributed by atoms with van der Waals surface area (Å²) in [6, 6.07) is 2.21. The van der Waals surface area contributed by atoms with Crippen LogP contribution < -0.4 is 9.67 Å². The van der Waals surface area contributed by atoms with Gasteiger partial charge in [-0.3, -0.25) is 0 Å². The Hall–Kier alpha value is -2.70. The largest absolute Gasteiger partial charge is 0.545 e. The minimum absolute atomic E-state index is 0.138. The number of hydrogen-bond acceptors (Lipinski definition) is 4. The molecule has 1 aromatic heterocycles. The number of rotatable bonds is 4. The third-order valence-electron chi connectivity index (χ3n) is 1.82. The Morgan fingerprint density at radius 2 is 1.71 bits per heavy atom. The summed E-state index contributed by atoms with van der Waals surface area (Å²) < 4.78 is 0.975. The van der Waals surface area contributed by atoms with Crippen molar-refractivity contribution in [3.05, 3.63) is 36.2 Å². The number of aromatic carboxylic acids is 1. The molecule has 0 unspecified atom stereocenters. The molecule has 0 aromatic carbocycles. The van der Waals surface area contributed by atoms with Gasteiger partial charge in [-0.2, -0.15) is 4.57 Å². The Bertz CT molecular complexity index is 502. The Kier molecular flexibility index (Phi) is 3.55. The number of aromatic nitrogens is 1. The number of aliphatic carboxylic acids is 2. The zero-order valence-corrected chi connectivity index (χ0v) is 8.36. The number of hydrogen-bond donors (Lipinski definition) is 2. The quantitative estimate of drug-likeness (QED) is 0.478. The molecule has 0 aliphatic carbocycles. The molecule has 1 rings (SSSR count). The maximum Gasteiger partial charge on any atom is 0.402 e. The molecular weight excluding hydrogens is 230 g/mol. The fourth-order valence-electron chi connectivity index (χ4n) is 1.09. The van der Waals surface area contributed by atoms with E-state index in [9.17, 15) is 19.5 Å². The molecule has 1 aromatic rings. The first-order chi connectivity index (χ1) is 7.91. The van der Waals surface area contributed by atoms with Crippen LogP contribution in [-0.4, -0.2) is 28.1 Å². The van der Waals surface area contributed by atoms with Crippen LogP contribution in [0.4, 0.5) is 0 Å². The molecule has 0 aliphatic heterocycles. The van der Waals surface area contributed by atoms with Gasteiger partial charge in [0.2, 0.25) is 0 Å². The smallest absolute Gasteiger partial charge is 0.402 e. The molecule has 0 amide bonds. The number of carboxylic acid groups (broad SMARTS) is 3. The second kappa shape index (κ2) is 4.88. The van der Waals surface area contributed by atoms with Gasteiger partial charge in [-0.05, 0) is 0 Å². The Labute approximate surface area is 94.9 Å². The van der Waals surface area contributed by atoms with Gasteiger partial charge < -0.3 is 20.1 Å². The highest BCUT2D eigenvalue weighted by molar-refractivity contribution is 6.09. The fourth-order valence-corrected chi connectivity index (χ4v) is 1.09. The summed E-state index contributed by atoms with van der Waals surface area (Å²) in [4.78, 5) is 31.6. The molecular formula is C10H7NO6. The summed E-state index contributed by atoms with van der Waals surface area (Å²) in [7, 11) is 0. The van der Waals surface area contributed by atoms with Crippen molar-refractivity contribution in [3.8, 4) is 0 Å². The van der Waals surface area contributed by atoms with Gasteiger partial charge in [0.1, 0.15) is 6.08 Å². The van der Waals surface area contributed by atoms with E-state index < -0.39 is 23.6 Å². The van der Waals surface area contributed by atoms with Crippen LogP contribution in [0, 0.1) is 0 Å². The Balaban J connectivity index is 3.17. The number of carbonyl (C=O) groups excluding carboxylic acids is 1. The first-order valence-electron chi connectivity index (χ1n) is 4.33. The van der Waals surface area contributed by atoms with Crippen molar-refractivity contribution in [1.82, 2.24) is 0 Å². The molecule has 0 radical (unpaired) electrons. The number of nitrogens with zero attached hydrogens (tertiary/aromatic N) is 1. The molecule has 1 heterocycles. The maximum atomic E-state index is 10.8. The van der Waals surface area contributed by atoms with Crippen molar-refractivity contribution in [2.75, 3.05) is 0 Å². The predicted molar refractivity (Wildman–Crippen MR) is 50.5 cm³/mol. The lowest BCUT2D eigenvalue weighted by molar-refractivity contribution is -0.578. The molecule has 0 saturated heterocycles. The molecule has 7 heteroatoms. The second-order valence-corrected chi connectivity index (χ2v) is 2.95. The van der Waals surface area contributed by atoms with E-state index in [0.717, 1.165) is 29.1 Å². The number of pyridine rings is 1. The van der Waals surface area contributed by atoms with Crippen molar-refractivity contribution < 1.29 is 34.3 Å². The molecule has 2 N–H and O–H groups in total. The van der Waals surface area contributed by atoms with Crippen LogP contribution >= 0.6 is 0 Å². The minimum Gasteiger partial charge on any atom is -0.545 e. The van der Waals surface area contributed by atoms with Crippen LogP contribution in [0.5, 0.6) is 0 Å². The van der Waals surface area contributed by atoms with Crippen molar-refractivity contribution in [3.63, 3.8) is 0 Å². The molecule has 7 nitrogen and oxygen atoms in total. The van der Waals surface area contributed by atoms with Gasteiger partial charge in [0.15, 0.2) is 12.4 Å². The highest BCUT2D eigenvalue weighted by atomic mass is 16.4. The van der Waals surface area contributed by atoms with E-state index in [1.54, 1.807) is 0 Å². The van der Waals surface area contributed by atoms with Crippen molar-refractivity contribution in [2.45, 2.75) is 0 Å². The first-order valence-corrected chi connectivity index (χ1v) is 4.33. The van der Waals surface area contributed by atoms with Gasteiger partial charge in [-0.1, -0.05) is 0 Å². The number of carboxylic acids is 3. The Morgan fingerprint density at radius 3 is 2.06 bits per heavy atom. The minimum atomic E-state index is -1.45. The zero-order valence-electron chi connectivity index (χ0n) is 8.36. The summed E-state index contributed by atoms with van der Waals surface area (Å²) in [5.74, 6) is -4.27. The van der Waals surface area contributed by atoms with Gasteiger partial charge in [0, 0.05) is 17.7 Å². The summed E-state index contributed by atoms with van der Waals surface area (Å²) in [5.41, 5.74) is -0.649. The maximum absolute atomic E-state index is 10.8. The number of carbonyl (C=O) groups is 3. The SMILES string of the molecule is O=C(O)/C=C(/C(=O)O)[n+]1ccc(C(=O)[O-])cc1. The van der Waals surface area contributed by atoms with E-state index in [0.29, 0.717) is 6.08 Å². The zero-order chi connectivity index (χ0) is 13.0. The fraction of sp³-hybridized carbons (Fsp3) is 0. The standard InChI is InChI=1S/C10H7NO6/c12-8(13)5-7(10(16)17)11-3-1-6(2-4-11)9(14)15/h1-5H,(H2-,12,13,14,15,16,17)/b7-5-. The van der Waals surface area contributed by atoms with Gasteiger partial charge in [0.25, 0.3) is 0 Å². The van der Waals surface area contributed by atoms with E-state index in [1.165, 1.54) is 0 Å². The summed E-state index contributed by atoms with van der Waals surface area (Å²) in [6.07, 6.45) is 2.74. The van der Waals surface area contributed by atoms with Crippen LogP contribution in [0.1, 0.15) is 10.4 Å². The first kappa shape index (κ1) is 12.4. The van der Waals surface area contributed by atoms with Crippen molar-refractivity contribution >= 4 is 23.6 Å². The topological polar surface area (TPSA) is 119 Å². The third-order valence-corrected chi connectivity index (χ3v) is 1.82.